The van der Waals surface area contributed by atoms with Gasteiger partial charge in [-0.3, -0.25) is 9.89 Å². The minimum Gasteiger partial charge on any atom is -0.349 e. The molecule has 5 nitrogen and oxygen atoms in total. The molecule has 0 radical (unpaired) electrons. The molecule has 1 aliphatic carbocycles. The van der Waals surface area contributed by atoms with Gasteiger partial charge in [-0.2, -0.15) is 5.10 Å². The van der Waals surface area contributed by atoms with Crippen LogP contribution < -0.4 is 5.32 Å². The average Bonchev–Trinajstić information content (AvgIpc) is 2.85. The van der Waals surface area contributed by atoms with Gasteiger partial charge in [-0.05, 0) is 31.2 Å². The Kier molecular flexibility index (Phi) is 3.66. The molecule has 0 aliphatic heterocycles. The number of aryl methyl sites for hydroxylation is 1. The smallest absolute Gasteiger partial charge is 0.253 e. The lowest BCUT2D eigenvalue weighted by Crippen LogP contribution is -2.43. The van der Waals surface area contributed by atoms with Crippen molar-refractivity contribution in [2.24, 2.45) is 11.8 Å². The summed E-state index contributed by atoms with van der Waals surface area (Å²) in [6, 6.07) is 2.13. The number of rotatable bonds is 2. The SMILES string of the molecule is Cc1[nH]nc2ncc(C(=O)N[C@@H]3CCC[C@@H](C)[C@@H]3C)cc12. The first-order valence-electron chi connectivity index (χ1n) is 7.68. The van der Waals surface area contributed by atoms with E-state index in [0.717, 1.165) is 17.5 Å². The van der Waals surface area contributed by atoms with E-state index < -0.39 is 0 Å². The number of carbonyl (C=O) groups is 1. The Labute approximate surface area is 124 Å². The van der Waals surface area contributed by atoms with Crippen molar-refractivity contribution in [1.82, 2.24) is 20.5 Å². The molecule has 3 atom stereocenters. The van der Waals surface area contributed by atoms with Gasteiger partial charge in [-0.1, -0.05) is 26.7 Å². The summed E-state index contributed by atoms with van der Waals surface area (Å²) in [7, 11) is 0. The molecule has 2 N–H and O–H groups in total. The van der Waals surface area contributed by atoms with Crippen LogP contribution in [0.3, 0.4) is 0 Å². The largest absolute Gasteiger partial charge is 0.349 e. The number of pyridine rings is 1. The molecule has 0 bridgehead atoms. The van der Waals surface area contributed by atoms with Crippen LogP contribution in [0, 0.1) is 18.8 Å². The molecule has 0 saturated heterocycles. The summed E-state index contributed by atoms with van der Waals surface area (Å²) < 4.78 is 0. The standard InChI is InChI=1S/C16H22N4O/c1-9-5-4-6-14(10(9)2)18-16(21)12-7-13-11(3)19-20-15(13)17-8-12/h7-10,14H,4-6H2,1-3H3,(H,18,21)(H,17,19,20)/t9-,10+,14-/m1/s1. The molecule has 0 unspecified atom stereocenters. The van der Waals surface area contributed by atoms with Gasteiger partial charge in [0.05, 0.1) is 5.56 Å². The number of nitrogens with zero attached hydrogens (tertiary/aromatic N) is 2. The van der Waals surface area contributed by atoms with Gasteiger partial charge in [0.15, 0.2) is 5.65 Å². The van der Waals surface area contributed by atoms with Crippen LogP contribution in [0.2, 0.25) is 0 Å². The van der Waals surface area contributed by atoms with Crippen LogP contribution >= 0.6 is 0 Å². The summed E-state index contributed by atoms with van der Waals surface area (Å²) in [5, 5.41) is 11.1. The normalized spacial score (nSPS) is 26.0. The molecular weight excluding hydrogens is 264 g/mol. The van der Waals surface area contributed by atoms with Gasteiger partial charge in [0.25, 0.3) is 5.91 Å². The van der Waals surface area contributed by atoms with E-state index in [9.17, 15) is 4.79 Å². The van der Waals surface area contributed by atoms with Crippen molar-refractivity contribution in [2.75, 3.05) is 0 Å². The molecule has 3 rings (SSSR count). The lowest BCUT2D eigenvalue weighted by atomic mass is 9.78. The first kappa shape index (κ1) is 14.0. The van der Waals surface area contributed by atoms with Crippen LogP contribution in [-0.4, -0.2) is 27.1 Å². The van der Waals surface area contributed by atoms with Crippen molar-refractivity contribution in [3.63, 3.8) is 0 Å². The minimum absolute atomic E-state index is 0.0315. The lowest BCUT2D eigenvalue weighted by Gasteiger charge is -2.34. The van der Waals surface area contributed by atoms with Gasteiger partial charge in [-0.15, -0.1) is 0 Å². The van der Waals surface area contributed by atoms with E-state index in [1.54, 1.807) is 6.20 Å². The summed E-state index contributed by atoms with van der Waals surface area (Å²) in [4.78, 5) is 16.7. The zero-order chi connectivity index (χ0) is 15.0. The maximum absolute atomic E-state index is 12.5. The number of fused-ring (bicyclic) bond motifs is 1. The zero-order valence-corrected chi connectivity index (χ0v) is 12.8. The molecule has 1 saturated carbocycles. The van der Waals surface area contributed by atoms with Gasteiger partial charge in [-0.25, -0.2) is 4.98 Å². The van der Waals surface area contributed by atoms with Crippen LogP contribution in [0.25, 0.3) is 11.0 Å². The first-order chi connectivity index (χ1) is 10.1. The lowest BCUT2D eigenvalue weighted by molar-refractivity contribution is 0.0891. The van der Waals surface area contributed by atoms with E-state index in [1.807, 2.05) is 13.0 Å². The number of H-pyrrole nitrogens is 1. The van der Waals surface area contributed by atoms with Gasteiger partial charge in [0.1, 0.15) is 0 Å². The molecule has 2 aromatic heterocycles. The Hall–Kier alpha value is -1.91. The van der Waals surface area contributed by atoms with Gasteiger partial charge >= 0.3 is 0 Å². The second-order valence-electron chi connectivity index (χ2n) is 6.29. The third-order valence-electron chi connectivity index (χ3n) is 4.89. The second kappa shape index (κ2) is 5.47. The highest BCUT2D eigenvalue weighted by molar-refractivity contribution is 5.97. The van der Waals surface area contributed by atoms with E-state index in [2.05, 4.69) is 34.3 Å². The number of carbonyl (C=O) groups excluding carboxylic acids is 1. The molecule has 2 aromatic rings. The molecule has 1 aliphatic rings. The predicted molar refractivity (Wildman–Crippen MR) is 82.1 cm³/mol. The van der Waals surface area contributed by atoms with Crippen LogP contribution in [0.15, 0.2) is 12.3 Å². The number of hydrogen-bond donors (Lipinski definition) is 2. The Balaban J connectivity index is 1.78. The molecule has 1 fully saturated rings. The number of aromatic nitrogens is 3. The Morgan fingerprint density at radius 1 is 1.38 bits per heavy atom. The average molecular weight is 286 g/mol. The fourth-order valence-corrected chi connectivity index (χ4v) is 3.18. The highest BCUT2D eigenvalue weighted by Gasteiger charge is 2.28. The van der Waals surface area contributed by atoms with E-state index in [0.29, 0.717) is 23.0 Å². The molecule has 5 heteroatoms. The number of amides is 1. The van der Waals surface area contributed by atoms with Crippen molar-refractivity contribution in [2.45, 2.75) is 46.1 Å². The molecule has 2 heterocycles. The quantitative estimate of drug-likeness (QED) is 0.891. The van der Waals surface area contributed by atoms with Crippen molar-refractivity contribution >= 4 is 16.9 Å². The minimum atomic E-state index is -0.0315. The molecule has 0 spiro atoms. The van der Waals surface area contributed by atoms with Crippen LogP contribution in [-0.2, 0) is 0 Å². The number of hydrogen-bond acceptors (Lipinski definition) is 3. The summed E-state index contributed by atoms with van der Waals surface area (Å²) in [6.45, 7) is 6.44. The fraction of sp³-hybridized carbons (Fsp3) is 0.562. The van der Waals surface area contributed by atoms with Crippen LogP contribution in [0.5, 0.6) is 0 Å². The van der Waals surface area contributed by atoms with Crippen molar-refractivity contribution in [1.29, 1.82) is 0 Å². The Bertz CT molecular complexity index is 663. The van der Waals surface area contributed by atoms with Crippen molar-refractivity contribution in [3.05, 3.63) is 23.5 Å². The maximum atomic E-state index is 12.5. The van der Waals surface area contributed by atoms with Gasteiger partial charge in [0, 0.05) is 23.3 Å². The van der Waals surface area contributed by atoms with E-state index in [4.69, 9.17) is 0 Å². The highest BCUT2D eigenvalue weighted by atomic mass is 16.1. The summed E-state index contributed by atoms with van der Waals surface area (Å²) in [6.07, 6.45) is 5.12. The van der Waals surface area contributed by atoms with Gasteiger partial charge < -0.3 is 5.32 Å². The Morgan fingerprint density at radius 2 is 2.19 bits per heavy atom. The van der Waals surface area contributed by atoms with Gasteiger partial charge in [0.2, 0.25) is 0 Å². The summed E-state index contributed by atoms with van der Waals surface area (Å²) >= 11 is 0. The predicted octanol–water partition coefficient (Wildman–Crippen LogP) is 2.82. The third kappa shape index (κ3) is 2.64. The third-order valence-corrected chi connectivity index (χ3v) is 4.89. The van der Waals surface area contributed by atoms with Crippen molar-refractivity contribution < 1.29 is 4.79 Å². The van der Waals surface area contributed by atoms with Crippen LogP contribution in [0.4, 0.5) is 0 Å². The maximum Gasteiger partial charge on any atom is 0.253 e. The molecule has 21 heavy (non-hydrogen) atoms. The Morgan fingerprint density at radius 3 is 3.00 bits per heavy atom. The summed E-state index contributed by atoms with van der Waals surface area (Å²) in [5.41, 5.74) is 2.20. The zero-order valence-electron chi connectivity index (χ0n) is 12.8. The van der Waals surface area contributed by atoms with E-state index in [1.165, 1.54) is 12.8 Å². The highest BCUT2D eigenvalue weighted by Crippen LogP contribution is 2.29. The van der Waals surface area contributed by atoms with Crippen molar-refractivity contribution in [3.8, 4) is 0 Å². The first-order valence-corrected chi connectivity index (χ1v) is 7.68. The van der Waals surface area contributed by atoms with Crippen LogP contribution in [0.1, 0.15) is 49.2 Å². The van der Waals surface area contributed by atoms with E-state index >= 15 is 0 Å². The number of nitrogens with one attached hydrogen (secondary N) is 2. The summed E-state index contributed by atoms with van der Waals surface area (Å²) in [5.74, 6) is 1.16. The molecular formula is C16H22N4O. The second-order valence-corrected chi connectivity index (χ2v) is 6.29. The molecule has 112 valence electrons. The topological polar surface area (TPSA) is 70.7 Å². The monoisotopic (exact) mass is 286 g/mol. The molecule has 0 aromatic carbocycles. The molecule has 1 amide bonds. The fourth-order valence-electron chi connectivity index (χ4n) is 3.18. The van der Waals surface area contributed by atoms with E-state index in [-0.39, 0.29) is 11.9 Å². The number of aromatic amines is 1.